The van der Waals surface area contributed by atoms with Crippen molar-refractivity contribution in [3.8, 4) is 11.5 Å². The SMILES string of the molecule is Cc1ccc2cc(CNCc3ccc4c(c3)OCO4)c(Cl)nc2c1. The quantitative estimate of drug-likeness (QED) is 0.722. The lowest BCUT2D eigenvalue weighted by Crippen LogP contribution is -2.13. The van der Waals surface area contributed by atoms with Crippen LogP contribution in [0.1, 0.15) is 16.7 Å². The molecular weight excluding hydrogens is 324 g/mol. The van der Waals surface area contributed by atoms with Gasteiger partial charge in [-0.2, -0.15) is 0 Å². The molecule has 0 saturated carbocycles. The Morgan fingerprint density at radius 3 is 2.83 bits per heavy atom. The number of nitrogens with zero attached hydrogens (tertiary/aromatic N) is 1. The van der Waals surface area contributed by atoms with Crippen LogP contribution >= 0.6 is 11.6 Å². The van der Waals surface area contributed by atoms with E-state index in [1.807, 2.05) is 24.3 Å². The summed E-state index contributed by atoms with van der Waals surface area (Å²) in [4.78, 5) is 4.50. The smallest absolute Gasteiger partial charge is 0.231 e. The number of aryl methyl sites for hydroxylation is 1. The molecular formula is C19H17ClN2O2. The second-order valence-electron chi connectivity index (χ2n) is 5.93. The van der Waals surface area contributed by atoms with Crippen molar-refractivity contribution in [1.29, 1.82) is 0 Å². The number of pyridine rings is 1. The third kappa shape index (κ3) is 3.03. The molecule has 0 amide bonds. The summed E-state index contributed by atoms with van der Waals surface area (Å²) in [7, 11) is 0. The van der Waals surface area contributed by atoms with Crippen LogP contribution in [0.15, 0.2) is 42.5 Å². The lowest BCUT2D eigenvalue weighted by Gasteiger charge is -2.09. The monoisotopic (exact) mass is 340 g/mol. The summed E-state index contributed by atoms with van der Waals surface area (Å²) in [5.41, 5.74) is 4.24. The van der Waals surface area contributed by atoms with Gasteiger partial charge in [-0.15, -0.1) is 0 Å². The number of hydrogen-bond acceptors (Lipinski definition) is 4. The summed E-state index contributed by atoms with van der Waals surface area (Å²) in [6, 6.07) is 14.3. The molecule has 2 heterocycles. The third-order valence-corrected chi connectivity index (χ3v) is 4.41. The molecule has 4 rings (SSSR count). The highest BCUT2D eigenvalue weighted by molar-refractivity contribution is 6.30. The van der Waals surface area contributed by atoms with Crippen molar-refractivity contribution >= 4 is 22.5 Å². The van der Waals surface area contributed by atoms with E-state index in [0.717, 1.165) is 40.1 Å². The molecule has 1 aromatic heterocycles. The Bertz CT molecular complexity index is 911. The molecule has 122 valence electrons. The van der Waals surface area contributed by atoms with Gasteiger partial charge in [0.2, 0.25) is 6.79 Å². The molecule has 4 nitrogen and oxygen atoms in total. The maximum atomic E-state index is 6.33. The highest BCUT2D eigenvalue weighted by atomic mass is 35.5. The maximum Gasteiger partial charge on any atom is 0.231 e. The average molecular weight is 341 g/mol. The van der Waals surface area contributed by atoms with Crippen molar-refractivity contribution in [2.75, 3.05) is 6.79 Å². The van der Waals surface area contributed by atoms with E-state index in [-0.39, 0.29) is 0 Å². The fourth-order valence-corrected chi connectivity index (χ4v) is 3.03. The molecule has 1 aliphatic rings. The Hall–Kier alpha value is -2.30. The molecule has 3 aromatic rings. The zero-order valence-electron chi connectivity index (χ0n) is 13.3. The highest BCUT2D eigenvalue weighted by Gasteiger charge is 2.13. The standard InChI is InChI=1S/C19H17ClN2O2/c1-12-2-4-14-8-15(19(20)22-16(14)6-12)10-21-9-13-3-5-17-18(7-13)24-11-23-17/h2-8,21H,9-11H2,1H3. The normalized spacial score (nSPS) is 12.8. The van der Waals surface area contributed by atoms with Crippen LogP contribution in [0.5, 0.6) is 11.5 Å². The predicted octanol–water partition coefficient (Wildman–Crippen LogP) is 4.22. The van der Waals surface area contributed by atoms with Gasteiger partial charge in [0.25, 0.3) is 0 Å². The molecule has 24 heavy (non-hydrogen) atoms. The van der Waals surface area contributed by atoms with Gasteiger partial charge in [0.15, 0.2) is 11.5 Å². The first-order valence-corrected chi connectivity index (χ1v) is 8.22. The van der Waals surface area contributed by atoms with Gasteiger partial charge in [0.1, 0.15) is 5.15 Å². The maximum absolute atomic E-state index is 6.33. The van der Waals surface area contributed by atoms with Crippen LogP contribution < -0.4 is 14.8 Å². The summed E-state index contributed by atoms with van der Waals surface area (Å²) in [6.07, 6.45) is 0. The second-order valence-corrected chi connectivity index (χ2v) is 6.28. The highest BCUT2D eigenvalue weighted by Crippen LogP contribution is 2.32. The Balaban J connectivity index is 1.46. The predicted molar refractivity (Wildman–Crippen MR) is 94.6 cm³/mol. The van der Waals surface area contributed by atoms with Crippen LogP contribution in [-0.2, 0) is 13.1 Å². The molecule has 0 atom stereocenters. The number of ether oxygens (including phenoxy) is 2. The third-order valence-electron chi connectivity index (χ3n) is 4.08. The number of aromatic nitrogens is 1. The lowest BCUT2D eigenvalue weighted by molar-refractivity contribution is 0.174. The fourth-order valence-electron chi connectivity index (χ4n) is 2.81. The van der Waals surface area contributed by atoms with Gasteiger partial charge >= 0.3 is 0 Å². The minimum absolute atomic E-state index is 0.296. The van der Waals surface area contributed by atoms with Gasteiger partial charge in [-0.25, -0.2) is 4.98 Å². The molecule has 0 unspecified atom stereocenters. The molecule has 0 spiro atoms. The summed E-state index contributed by atoms with van der Waals surface area (Å²) in [6.45, 7) is 3.73. The number of nitrogens with one attached hydrogen (secondary N) is 1. The lowest BCUT2D eigenvalue weighted by atomic mass is 10.1. The number of benzene rings is 2. The first-order valence-electron chi connectivity index (χ1n) is 7.84. The van der Waals surface area contributed by atoms with E-state index in [9.17, 15) is 0 Å². The van der Waals surface area contributed by atoms with Crippen molar-refractivity contribution in [2.24, 2.45) is 0 Å². The molecule has 1 aliphatic heterocycles. The molecule has 0 aliphatic carbocycles. The van der Waals surface area contributed by atoms with Crippen LogP contribution in [0.4, 0.5) is 0 Å². The van der Waals surface area contributed by atoms with Crippen LogP contribution in [0.25, 0.3) is 10.9 Å². The zero-order chi connectivity index (χ0) is 16.5. The van der Waals surface area contributed by atoms with Crippen LogP contribution in [0.2, 0.25) is 5.15 Å². The summed E-state index contributed by atoms with van der Waals surface area (Å²) < 4.78 is 10.7. The second kappa shape index (κ2) is 6.30. The average Bonchev–Trinajstić information content (AvgIpc) is 3.03. The minimum atomic E-state index is 0.296. The van der Waals surface area contributed by atoms with Crippen LogP contribution in [0.3, 0.4) is 0 Å². The number of rotatable bonds is 4. The molecule has 2 aromatic carbocycles. The molecule has 0 fully saturated rings. The summed E-state index contributed by atoms with van der Waals surface area (Å²) in [5.74, 6) is 1.60. The Morgan fingerprint density at radius 1 is 1.04 bits per heavy atom. The number of fused-ring (bicyclic) bond motifs is 2. The summed E-state index contributed by atoms with van der Waals surface area (Å²) in [5, 5.41) is 5.05. The van der Waals surface area contributed by atoms with Crippen molar-refractivity contribution < 1.29 is 9.47 Å². The largest absolute Gasteiger partial charge is 0.454 e. The first-order chi connectivity index (χ1) is 11.7. The van der Waals surface area contributed by atoms with Crippen molar-refractivity contribution in [3.63, 3.8) is 0 Å². The zero-order valence-corrected chi connectivity index (χ0v) is 14.1. The van der Waals surface area contributed by atoms with E-state index in [2.05, 4.69) is 35.4 Å². The van der Waals surface area contributed by atoms with Crippen molar-refractivity contribution in [1.82, 2.24) is 10.3 Å². The fraction of sp³-hybridized carbons (Fsp3) is 0.211. The van der Waals surface area contributed by atoms with Crippen molar-refractivity contribution in [2.45, 2.75) is 20.0 Å². The van der Waals surface area contributed by atoms with Crippen LogP contribution in [0, 0.1) is 6.92 Å². The van der Waals surface area contributed by atoms with Gasteiger partial charge in [-0.3, -0.25) is 0 Å². The first kappa shape index (κ1) is 15.2. The number of halogens is 1. The molecule has 5 heteroatoms. The van der Waals surface area contributed by atoms with Gasteiger partial charge in [0.05, 0.1) is 5.52 Å². The molecule has 0 radical (unpaired) electrons. The van der Waals surface area contributed by atoms with E-state index >= 15 is 0 Å². The minimum Gasteiger partial charge on any atom is -0.454 e. The molecule has 0 bridgehead atoms. The Morgan fingerprint density at radius 2 is 1.92 bits per heavy atom. The summed E-state index contributed by atoms with van der Waals surface area (Å²) >= 11 is 6.33. The van der Waals surface area contributed by atoms with Crippen LogP contribution in [-0.4, -0.2) is 11.8 Å². The van der Waals surface area contributed by atoms with Gasteiger partial charge < -0.3 is 14.8 Å². The Labute approximate surface area is 145 Å². The molecule has 1 N–H and O–H groups in total. The van der Waals surface area contributed by atoms with Gasteiger partial charge in [-0.05, 0) is 42.3 Å². The number of hydrogen-bond donors (Lipinski definition) is 1. The van der Waals surface area contributed by atoms with E-state index < -0.39 is 0 Å². The van der Waals surface area contributed by atoms with E-state index in [1.165, 1.54) is 5.56 Å². The van der Waals surface area contributed by atoms with E-state index in [1.54, 1.807) is 0 Å². The Kier molecular flexibility index (Phi) is 4.00. The topological polar surface area (TPSA) is 43.4 Å². The van der Waals surface area contributed by atoms with Crippen molar-refractivity contribution in [3.05, 3.63) is 64.3 Å². The van der Waals surface area contributed by atoms with Gasteiger partial charge in [0, 0.05) is 24.0 Å². The van der Waals surface area contributed by atoms with Gasteiger partial charge in [-0.1, -0.05) is 29.8 Å². The van der Waals surface area contributed by atoms with E-state index in [4.69, 9.17) is 21.1 Å². The molecule has 0 saturated heterocycles. The van der Waals surface area contributed by atoms with E-state index in [0.29, 0.717) is 18.5 Å².